The fourth-order valence-electron chi connectivity index (χ4n) is 1.40. The number of terminal acetylenes is 1. The first-order valence-electron chi connectivity index (χ1n) is 5.03. The molecule has 0 aliphatic rings. The largest absolute Gasteiger partial charge is 0.315 e. The molecule has 74 valence electrons. The van der Waals surface area contributed by atoms with Crippen LogP contribution >= 0.6 is 0 Å². The summed E-state index contributed by atoms with van der Waals surface area (Å²) in [6, 6.07) is 8.49. The van der Waals surface area contributed by atoms with Crippen LogP contribution in [-0.2, 0) is 6.42 Å². The molecule has 0 saturated heterocycles. The summed E-state index contributed by atoms with van der Waals surface area (Å²) in [4.78, 5) is 0. The molecular weight excluding hydrogens is 170 g/mol. The summed E-state index contributed by atoms with van der Waals surface area (Å²) in [5.41, 5.74) is 2.78. The summed E-state index contributed by atoms with van der Waals surface area (Å²) in [7, 11) is 0. The summed E-state index contributed by atoms with van der Waals surface area (Å²) in [5.74, 6) is 2.62. The predicted octanol–water partition coefficient (Wildman–Crippen LogP) is 2.15. The van der Waals surface area contributed by atoms with Crippen LogP contribution in [0, 0.1) is 19.3 Å². The van der Waals surface area contributed by atoms with Crippen LogP contribution < -0.4 is 5.32 Å². The van der Waals surface area contributed by atoms with Crippen LogP contribution in [0.4, 0.5) is 0 Å². The molecule has 0 atom stereocenters. The van der Waals surface area contributed by atoms with Gasteiger partial charge in [-0.15, -0.1) is 12.3 Å². The number of nitrogens with one attached hydrogen (secondary N) is 1. The number of aryl methyl sites for hydroxylation is 1. The second-order valence-electron chi connectivity index (χ2n) is 3.38. The Morgan fingerprint density at radius 1 is 1.29 bits per heavy atom. The van der Waals surface area contributed by atoms with E-state index in [-0.39, 0.29) is 0 Å². The first-order valence-corrected chi connectivity index (χ1v) is 5.03. The van der Waals surface area contributed by atoms with Gasteiger partial charge in [-0.1, -0.05) is 24.3 Å². The maximum atomic E-state index is 5.16. The molecule has 0 aromatic heterocycles. The van der Waals surface area contributed by atoms with Crippen molar-refractivity contribution in [2.24, 2.45) is 0 Å². The molecule has 0 heterocycles. The summed E-state index contributed by atoms with van der Waals surface area (Å²) in [6.45, 7) is 4.08. The molecule has 0 aliphatic heterocycles. The van der Waals surface area contributed by atoms with Gasteiger partial charge in [0.1, 0.15) is 0 Å². The summed E-state index contributed by atoms with van der Waals surface area (Å²) < 4.78 is 0. The van der Waals surface area contributed by atoms with Crippen molar-refractivity contribution in [3.05, 3.63) is 35.4 Å². The quantitative estimate of drug-likeness (QED) is 0.550. The van der Waals surface area contributed by atoms with Gasteiger partial charge in [0.15, 0.2) is 0 Å². The predicted molar refractivity (Wildman–Crippen MR) is 61.2 cm³/mol. The van der Waals surface area contributed by atoms with Crippen molar-refractivity contribution in [2.75, 3.05) is 13.1 Å². The van der Waals surface area contributed by atoms with Crippen LogP contribution in [-0.4, -0.2) is 13.1 Å². The normalized spacial score (nSPS) is 9.71. The Morgan fingerprint density at radius 2 is 2.07 bits per heavy atom. The van der Waals surface area contributed by atoms with Crippen LogP contribution in [0.2, 0.25) is 0 Å². The van der Waals surface area contributed by atoms with E-state index in [9.17, 15) is 0 Å². The molecule has 0 saturated carbocycles. The van der Waals surface area contributed by atoms with E-state index in [1.54, 1.807) is 0 Å². The van der Waals surface area contributed by atoms with Gasteiger partial charge < -0.3 is 5.32 Å². The van der Waals surface area contributed by atoms with Crippen LogP contribution in [0.1, 0.15) is 17.5 Å². The molecule has 1 rings (SSSR count). The van der Waals surface area contributed by atoms with Gasteiger partial charge in [-0.05, 0) is 31.0 Å². The Balaban J connectivity index is 2.25. The van der Waals surface area contributed by atoms with Gasteiger partial charge in [-0.3, -0.25) is 0 Å². The van der Waals surface area contributed by atoms with E-state index in [0.29, 0.717) is 0 Å². The highest BCUT2D eigenvalue weighted by Crippen LogP contribution is 2.06. The van der Waals surface area contributed by atoms with Crippen molar-refractivity contribution in [3.63, 3.8) is 0 Å². The number of hydrogen-bond donors (Lipinski definition) is 1. The van der Waals surface area contributed by atoms with E-state index in [2.05, 4.69) is 42.4 Å². The molecule has 0 fully saturated rings. The minimum Gasteiger partial charge on any atom is -0.315 e. The monoisotopic (exact) mass is 187 g/mol. The molecule has 1 nitrogen and oxygen atoms in total. The molecule has 1 N–H and O–H groups in total. The minimum absolute atomic E-state index is 0.813. The number of benzene rings is 1. The highest BCUT2D eigenvalue weighted by Gasteiger charge is 1.95. The van der Waals surface area contributed by atoms with E-state index < -0.39 is 0 Å². The van der Waals surface area contributed by atoms with Gasteiger partial charge in [0.05, 0.1) is 0 Å². The van der Waals surface area contributed by atoms with Gasteiger partial charge in [-0.25, -0.2) is 0 Å². The van der Waals surface area contributed by atoms with Crippen molar-refractivity contribution in [1.29, 1.82) is 0 Å². The molecule has 0 amide bonds. The summed E-state index contributed by atoms with van der Waals surface area (Å²) >= 11 is 0. The standard InChI is InChI=1S/C13H17N/c1-3-4-10-14-11-9-13-8-6-5-7-12(13)2/h1,5-8,14H,4,9-11H2,2H3. The fourth-order valence-corrected chi connectivity index (χ4v) is 1.40. The highest BCUT2D eigenvalue weighted by molar-refractivity contribution is 5.25. The van der Waals surface area contributed by atoms with Gasteiger partial charge >= 0.3 is 0 Å². The summed E-state index contributed by atoms with van der Waals surface area (Å²) in [5, 5.41) is 3.32. The van der Waals surface area contributed by atoms with Crippen LogP contribution in [0.5, 0.6) is 0 Å². The third-order valence-corrected chi connectivity index (χ3v) is 2.28. The SMILES string of the molecule is C#CCCNCCc1ccccc1C. The lowest BCUT2D eigenvalue weighted by Gasteiger charge is -2.05. The number of hydrogen-bond acceptors (Lipinski definition) is 1. The van der Waals surface area contributed by atoms with E-state index in [1.165, 1.54) is 11.1 Å². The molecule has 0 spiro atoms. The average Bonchev–Trinajstić information content (AvgIpc) is 2.20. The maximum absolute atomic E-state index is 5.16. The molecular formula is C13H17N. The molecule has 0 aliphatic carbocycles. The van der Waals surface area contributed by atoms with Gasteiger partial charge in [0.25, 0.3) is 0 Å². The second-order valence-corrected chi connectivity index (χ2v) is 3.38. The molecule has 0 radical (unpaired) electrons. The van der Waals surface area contributed by atoms with Crippen molar-refractivity contribution in [1.82, 2.24) is 5.32 Å². The Hall–Kier alpha value is -1.26. The van der Waals surface area contributed by atoms with Gasteiger partial charge in [0, 0.05) is 13.0 Å². The lowest BCUT2D eigenvalue weighted by molar-refractivity contribution is 0.693. The first-order chi connectivity index (χ1) is 6.84. The third-order valence-electron chi connectivity index (χ3n) is 2.28. The van der Waals surface area contributed by atoms with Gasteiger partial charge in [0.2, 0.25) is 0 Å². The zero-order chi connectivity index (χ0) is 10.2. The van der Waals surface area contributed by atoms with E-state index >= 15 is 0 Å². The molecule has 1 aromatic rings. The molecule has 14 heavy (non-hydrogen) atoms. The first kappa shape index (κ1) is 10.8. The summed E-state index contributed by atoms with van der Waals surface area (Å²) in [6.07, 6.45) is 7.05. The Kier molecular flexibility index (Phi) is 4.82. The van der Waals surface area contributed by atoms with E-state index in [4.69, 9.17) is 6.42 Å². The molecule has 1 aromatic carbocycles. The van der Waals surface area contributed by atoms with Crippen LogP contribution in [0.3, 0.4) is 0 Å². The lowest BCUT2D eigenvalue weighted by atomic mass is 10.1. The fraction of sp³-hybridized carbons (Fsp3) is 0.385. The molecule has 0 unspecified atom stereocenters. The van der Waals surface area contributed by atoms with Crippen molar-refractivity contribution in [2.45, 2.75) is 19.8 Å². The highest BCUT2D eigenvalue weighted by atomic mass is 14.8. The minimum atomic E-state index is 0.813. The zero-order valence-electron chi connectivity index (χ0n) is 8.72. The Labute approximate surface area is 86.5 Å². The van der Waals surface area contributed by atoms with Crippen molar-refractivity contribution in [3.8, 4) is 12.3 Å². The molecule has 1 heteroatoms. The second kappa shape index (κ2) is 6.23. The van der Waals surface area contributed by atoms with Crippen molar-refractivity contribution >= 4 is 0 Å². The zero-order valence-corrected chi connectivity index (χ0v) is 8.72. The topological polar surface area (TPSA) is 12.0 Å². The van der Waals surface area contributed by atoms with E-state index in [1.807, 2.05) is 0 Å². The number of rotatable bonds is 5. The van der Waals surface area contributed by atoms with Crippen LogP contribution in [0.15, 0.2) is 24.3 Å². The maximum Gasteiger partial charge on any atom is 0.0211 e. The lowest BCUT2D eigenvalue weighted by Crippen LogP contribution is -2.18. The smallest absolute Gasteiger partial charge is 0.0211 e. The Bertz CT molecular complexity index is 309. The van der Waals surface area contributed by atoms with E-state index in [0.717, 1.165) is 25.9 Å². The average molecular weight is 187 g/mol. The third kappa shape index (κ3) is 3.64. The molecule has 0 bridgehead atoms. The van der Waals surface area contributed by atoms with Crippen molar-refractivity contribution < 1.29 is 0 Å². The van der Waals surface area contributed by atoms with Crippen LogP contribution in [0.25, 0.3) is 0 Å². The Morgan fingerprint density at radius 3 is 2.79 bits per heavy atom. The van der Waals surface area contributed by atoms with Gasteiger partial charge in [-0.2, -0.15) is 0 Å².